The van der Waals surface area contributed by atoms with Crippen molar-refractivity contribution < 1.29 is 4.79 Å². The molecule has 0 spiro atoms. The van der Waals surface area contributed by atoms with Gasteiger partial charge in [0.05, 0.1) is 17.1 Å². The van der Waals surface area contributed by atoms with Crippen molar-refractivity contribution in [3.05, 3.63) is 64.3 Å². The number of carbonyl (C=O) groups excluding carboxylic acids is 1. The summed E-state index contributed by atoms with van der Waals surface area (Å²) in [6.07, 6.45) is 4.55. The number of rotatable bonds is 6. The van der Waals surface area contributed by atoms with Gasteiger partial charge in [0.25, 0.3) is 0 Å². The largest absolute Gasteiger partial charge is 0.357 e. The van der Waals surface area contributed by atoms with E-state index in [-0.39, 0.29) is 12.3 Å². The van der Waals surface area contributed by atoms with Crippen molar-refractivity contribution in [2.75, 3.05) is 18.0 Å². The quantitative estimate of drug-likeness (QED) is 0.655. The fourth-order valence-electron chi connectivity index (χ4n) is 3.23. The molecule has 0 aliphatic carbocycles. The Labute approximate surface area is 173 Å². The summed E-state index contributed by atoms with van der Waals surface area (Å²) in [5, 5.41) is 6.34. The topological polar surface area (TPSA) is 58.1 Å². The van der Waals surface area contributed by atoms with Crippen LogP contribution in [-0.2, 0) is 17.8 Å². The number of thiazole rings is 1. The van der Waals surface area contributed by atoms with Crippen LogP contribution in [-0.4, -0.2) is 29.0 Å². The second-order valence-corrected chi connectivity index (χ2v) is 8.06. The molecule has 3 aromatic rings. The van der Waals surface area contributed by atoms with Gasteiger partial charge in [0, 0.05) is 36.8 Å². The summed E-state index contributed by atoms with van der Waals surface area (Å²) in [7, 11) is 0. The van der Waals surface area contributed by atoms with Crippen LogP contribution in [0.25, 0.3) is 10.6 Å². The van der Waals surface area contributed by atoms with Crippen LogP contribution in [0, 0.1) is 0 Å². The molecule has 1 N–H and O–H groups in total. The zero-order valence-corrected chi connectivity index (χ0v) is 17.0. The standard InChI is InChI=1S/C21H21ClN4OS/c22-18-6-2-1-5-17(18)21-25-16(14-28-21)11-20(27)24-13-15-7-8-19(23-12-15)26-9-3-4-10-26/h1-2,5-8,12,14H,3-4,9-11,13H2,(H,24,27). The molecule has 1 fully saturated rings. The van der Waals surface area contributed by atoms with Gasteiger partial charge in [-0.3, -0.25) is 4.79 Å². The number of hydrogen-bond donors (Lipinski definition) is 1. The SMILES string of the molecule is O=C(Cc1csc(-c2ccccc2Cl)n1)NCc1ccc(N2CCCC2)nc1. The van der Waals surface area contributed by atoms with Crippen LogP contribution in [0.2, 0.25) is 5.02 Å². The first-order chi connectivity index (χ1) is 13.7. The zero-order valence-electron chi connectivity index (χ0n) is 15.4. The monoisotopic (exact) mass is 412 g/mol. The summed E-state index contributed by atoms with van der Waals surface area (Å²) in [6, 6.07) is 11.7. The van der Waals surface area contributed by atoms with E-state index in [9.17, 15) is 4.79 Å². The van der Waals surface area contributed by atoms with E-state index in [2.05, 4.69) is 20.2 Å². The molecule has 0 saturated carbocycles. The third kappa shape index (κ3) is 4.51. The molecular formula is C21H21ClN4OS. The fraction of sp³-hybridized carbons (Fsp3) is 0.286. The van der Waals surface area contributed by atoms with Gasteiger partial charge in [-0.25, -0.2) is 9.97 Å². The van der Waals surface area contributed by atoms with Crippen LogP contribution in [0.15, 0.2) is 48.0 Å². The van der Waals surface area contributed by atoms with Gasteiger partial charge in [0.2, 0.25) is 5.91 Å². The van der Waals surface area contributed by atoms with Gasteiger partial charge >= 0.3 is 0 Å². The summed E-state index contributed by atoms with van der Waals surface area (Å²) in [5.74, 6) is 0.960. The third-order valence-corrected chi connectivity index (χ3v) is 5.98. The van der Waals surface area contributed by atoms with E-state index in [1.54, 1.807) is 0 Å². The minimum absolute atomic E-state index is 0.0559. The number of benzene rings is 1. The summed E-state index contributed by atoms with van der Waals surface area (Å²) in [4.78, 5) is 23.6. The Morgan fingerprint density at radius 3 is 2.75 bits per heavy atom. The molecule has 4 rings (SSSR count). The first-order valence-corrected chi connectivity index (χ1v) is 10.6. The summed E-state index contributed by atoms with van der Waals surface area (Å²) >= 11 is 7.72. The maximum atomic E-state index is 12.3. The summed E-state index contributed by atoms with van der Waals surface area (Å²) in [5.41, 5.74) is 2.64. The molecule has 2 aromatic heterocycles. The number of aromatic nitrogens is 2. The lowest BCUT2D eigenvalue weighted by Crippen LogP contribution is -2.25. The number of halogens is 1. The maximum Gasteiger partial charge on any atom is 0.226 e. The molecule has 0 bridgehead atoms. The van der Waals surface area contributed by atoms with Crippen molar-refractivity contribution in [1.29, 1.82) is 0 Å². The smallest absolute Gasteiger partial charge is 0.226 e. The van der Waals surface area contributed by atoms with Crippen LogP contribution < -0.4 is 10.2 Å². The first kappa shape index (κ1) is 18.9. The minimum atomic E-state index is -0.0559. The van der Waals surface area contributed by atoms with E-state index in [1.807, 2.05) is 48.0 Å². The molecular weight excluding hydrogens is 392 g/mol. The molecule has 0 unspecified atom stereocenters. The first-order valence-electron chi connectivity index (χ1n) is 9.35. The lowest BCUT2D eigenvalue weighted by molar-refractivity contribution is -0.120. The van der Waals surface area contributed by atoms with E-state index >= 15 is 0 Å². The highest BCUT2D eigenvalue weighted by molar-refractivity contribution is 7.13. The van der Waals surface area contributed by atoms with Gasteiger partial charge in [-0.05, 0) is 30.5 Å². The number of hydrogen-bond acceptors (Lipinski definition) is 5. The zero-order chi connectivity index (χ0) is 19.3. The van der Waals surface area contributed by atoms with Gasteiger partial charge in [0.15, 0.2) is 0 Å². The Bertz CT molecular complexity index is 951. The van der Waals surface area contributed by atoms with Crippen LogP contribution >= 0.6 is 22.9 Å². The molecule has 7 heteroatoms. The maximum absolute atomic E-state index is 12.3. The van der Waals surface area contributed by atoms with Crippen molar-refractivity contribution in [2.24, 2.45) is 0 Å². The lowest BCUT2D eigenvalue weighted by Gasteiger charge is -2.16. The normalized spacial score (nSPS) is 13.7. The van der Waals surface area contributed by atoms with Crippen molar-refractivity contribution in [3.8, 4) is 10.6 Å². The van der Waals surface area contributed by atoms with Crippen molar-refractivity contribution in [1.82, 2.24) is 15.3 Å². The Hall–Kier alpha value is -2.44. The van der Waals surface area contributed by atoms with Gasteiger partial charge < -0.3 is 10.2 Å². The molecule has 5 nitrogen and oxygen atoms in total. The number of amides is 1. The molecule has 1 amide bonds. The minimum Gasteiger partial charge on any atom is -0.357 e. The van der Waals surface area contributed by atoms with Crippen molar-refractivity contribution in [3.63, 3.8) is 0 Å². The number of nitrogens with zero attached hydrogens (tertiary/aromatic N) is 3. The number of carbonyl (C=O) groups is 1. The molecule has 1 aliphatic rings. The second kappa shape index (κ2) is 8.71. The lowest BCUT2D eigenvalue weighted by atomic mass is 10.2. The third-order valence-electron chi connectivity index (χ3n) is 4.73. The van der Waals surface area contributed by atoms with Crippen molar-refractivity contribution >= 4 is 34.7 Å². The average molecular weight is 413 g/mol. The Balaban J connectivity index is 1.31. The summed E-state index contributed by atoms with van der Waals surface area (Å²) < 4.78 is 0. The Morgan fingerprint density at radius 2 is 2.00 bits per heavy atom. The highest BCUT2D eigenvalue weighted by Crippen LogP contribution is 2.30. The van der Waals surface area contributed by atoms with Crippen LogP contribution in [0.4, 0.5) is 5.82 Å². The highest BCUT2D eigenvalue weighted by atomic mass is 35.5. The molecule has 0 atom stereocenters. The van der Waals surface area contributed by atoms with Gasteiger partial charge in [0.1, 0.15) is 10.8 Å². The molecule has 3 heterocycles. The number of anilines is 1. The second-order valence-electron chi connectivity index (χ2n) is 6.80. The average Bonchev–Trinajstić information content (AvgIpc) is 3.40. The van der Waals surface area contributed by atoms with E-state index in [0.29, 0.717) is 11.6 Å². The van der Waals surface area contributed by atoms with Crippen LogP contribution in [0.5, 0.6) is 0 Å². The predicted molar refractivity (Wildman–Crippen MR) is 114 cm³/mol. The van der Waals surface area contributed by atoms with E-state index in [1.165, 1.54) is 24.2 Å². The molecule has 1 aliphatic heterocycles. The molecule has 1 aromatic carbocycles. The van der Waals surface area contributed by atoms with Crippen LogP contribution in [0.1, 0.15) is 24.1 Å². The molecule has 1 saturated heterocycles. The predicted octanol–water partition coefficient (Wildman–Crippen LogP) is 4.32. The van der Waals surface area contributed by atoms with E-state index in [4.69, 9.17) is 11.6 Å². The van der Waals surface area contributed by atoms with E-state index in [0.717, 1.165) is 40.7 Å². The van der Waals surface area contributed by atoms with E-state index < -0.39 is 0 Å². The van der Waals surface area contributed by atoms with Crippen LogP contribution in [0.3, 0.4) is 0 Å². The fourth-order valence-corrected chi connectivity index (χ4v) is 4.37. The van der Waals surface area contributed by atoms with Crippen molar-refractivity contribution in [2.45, 2.75) is 25.8 Å². The molecule has 28 heavy (non-hydrogen) atoms. The van der Waals surface area contributed by atoms with Gasteiger partial charge in [-0.2, -0.15) is 0 Å². The molecule has 0 radical (unpaired) electrons. The van der Waals surface area contributed by atoms with Gasteiger partial charge in [-0.1, -0.05) is 35.9 Å². The molecule has 144 valence electrons. The summed E-state index contributed by atoms with van der Waals surface area (Å²) in [6.45, 7) is 2.62. The van der Waals surface area contributed by atoms with Gasteiger partial charge in [-0.15, -0.1) is 11.3 Å². The highest BCUT2D eigenvalue weighted by Gasteiger charge is 2.14. The Morgan fingerprint density at radius 1 is 1.18 bits per heavy atom. The number of pyridine rings is 1. The Kier molecular flexibility index (Phi) is 5.88. The number of nitrogens with one attached hydrogen (secondary N) is 1.